The largest absolute Gasteiger partial charge is 0.684 e. The molecule has 0 heterocycles. The quantitative estimate of drug-likeness (QED) is 0.0846. The molecule has 0 fully saturated rings. The Labute approximate surface area is 311 Å². The van der Waals surface area contributed by atoms with Crippen LogP contribution >= 0.6 is 0 Å². The van der Waals surface area contributed by atoms with E-state index < -0.39 is 8.07 Å². The van der Waals surface area contributed by atoms with Gasteiger partial charge in [-0.05, 0) is 10.8 Å². The monoisotopic (exact) mass is 728 g/mol. The summed E-state index contributed by atoms with van der Waals surface area (Å²) in [6.45, 7) is 11.4. The molecule has 0 aliphatic heterocycles. The van der Waals surface area contributed by atoms with Gasteiger partial charge in [0.15, 0.2) is 0 Å². The number of aryl methyl sites for hydroxylation is 2. The van der Waals surface area contributed by atoms with Crippen LogP contribution in [0.1, 0.15) is 17.5 Å². The molecule has 8 rings (SSSR count). The number of para-hydroxylation sites is 2. The van der Waals surface area contributed by atoms with Crippen LogP contribution < -0.4 is 10.4 Å². The number of rotatable bonds is 8. The molecule has 0 saturated heterocycles. The van der Waals surface area contributed by atoms with Crippen LogP contribution in [0.25, 0.3) is 53.7 Å². The molecule has 0 radical (unpaired) electrons. The summed E-state index contributed by atoms with van der Waals surface area (Å²) >= 11 is 0. The summed E-state index contributed by atoms with van der Waals surface area (Å²) in [5.41, 5.74) is 4.98. The maximum atomic E-state index is 4.48. The molecule has 0 unspecified atom stereocenters. The van der Waals surface area contributed by atoms with Crippen molar-refractivity contribution >= 4 is 72.9 Å². The summed E-state index contributed by atoms with van der Waals surface area (Å²) in [6, 6.07) is 51.9. The second-order valence-corrected chi connectivity index (χ2v) is 17.6. The number of hydrogen-bond donors (Lipinski definition) is 0. The summed E-state index contributed by atoms with van der Waals surface area (Å²) in [4.78, 5) is 0. The zero-order valence-corrected chi connectivity index (χ0v) is 32.3. The molecule has 0 N–H and O–H groups in total. The Morgan fingerprint density at radius 1 is 0.551 bits per heavy atom. The SMILES string of the molecule is Cc1cc2c3ccccc3ccc2[c-]1[Si](C)(C)c1c2ccc3ccccc3c2c[c-]1C.[Zr].c1ccc([N-]CCC[N-]c2ccccc2)cc1. The molecule has 8 aromatic rings. The van der Waals surface area contributed by atoms with Gasteiger partial charge in [0.2, 0.25) is 0 Å². The van der Waals surface area contributed by atoms with E-state index in [1.807, 2.05) is 60.7 Å². The van der Waals surface area contributed by atoms with Crippen molar-refractivity contribution in [3.05, 3.63) is 167 Å². The molecule has 4 heteroatoms. The van der Waals surface area contributed by atoms with Gasteiger partial charge in [0.25, 0.3) is 0 Å². The molecule has 0 saturated carbocycles. The molecule has 0 aliphatic carbocycles. The fraction of sp³-hybridized carbons (Fsp3) is 0.156. The van der Waals surface area contributed by atoms with E-state index in [1.165, 1.54) is 54.2 Å². The first-order valence-electron chi connectivity index (χ1n) is 17.0. The van der Waals surface area contributed by atoms with Crippen molar-refractivity contribution in [3.63, 3.8) is 0 Å². The maximum absolute atomic E-state index is 4.48. The van der Waals surface area contributed by atoms with Gasteiger partial charge in [-0.2, -0.15) is 33.7 Å². The Kier molecular flexibility index (Phi) is 10.7. The third kappa shape index (κ3) is 7.09. The Hall–Kier alpha value is -4.24. The van der Waals surface area contributed by atoms with E-state index in [4.69, 9.17) is 0 Å². The Balaban J connectivity index is 0.000000198. The van der Waals surface area contributed by atoms with E-state index in [9.17, 15) is 0 Å². The van der Waals surface area contributed by atoms with Crippen LogP contribution in [0.3, 0.4) is 0 Å². The van der Waals surface area contributed by atoms with Crippen LogP contribution in [0, 0.1) is 13.8 Å². The summed E-state index contributed by atoms with van der Waals surface area (Å²) in [5, 5.41) is 23.2. The molecule has 0 aliphatic rings. The Morgan fingerprint density at radius 3 is 1.65 bits per heavy atom. The zero-order valence-electron chi connectivity index (χ0n) is 28.9. The molecule has 0 atom stereocenters. The van der Waals surface area contributed by atoms with E-state index in [0.29, 0.717) is 0 Å². The fourth-order valence-electron chi connectivity index (χ4n) is 7.68. The summed E-state index contributed by atoms with van der Waals surface area (Å²) in [6.07, 6.45) is 0.990. The van der Waals surface area contributed by atoms with Crippen molar-refractivity contribution in [1.82, 2.24) is 0 Å². The number of benzene rings is 6. The molecule has 244 valence electrons. The van der Waals surface area contributed by atoms with Gasteiger partial charge in [0.05, 0.1) is 0 Å². The third-order valence-corrected chi connectivity index (χ3v) is 13.5. The molecule has 0 bridgehead atoms. The molecule has 0 aromatic heterocycles. The second-order valence-electron chi connectivity index (χ2n) is 13.3. The first kappa shape index (κ1) is 34.6. The standard InChI is InChI=1S/C30H26Si.C15H16N2.Zr/c1-19-17-27-23-11-7-5-9-21(23)13-15-25(27)29(19)31(3,4)30-20(2)18-28-24-12-8-6-10-22(24)14-16-26(28)30;1-3-8-14(9-4-1)16-12-7-13-17-15-10-5-2-6-11-15;/h5-18H,1-4H3;1-6,8-11H,7,12-13H2;/q2*-2;. The first-order valence-corrected chi connectivity index (χ1v) is 20.0. The molecule has 0 spiro atoms. The van der Waals surface area contributed by atoms with Gasteiger partial charge in [0, 0.05) is 34.3 Å². The third-order valence-electron chi connectivity index (χ3n) is 9.66. The molecule has 49 heavy (non-hydrogen) atoms. The van der Waals surface area contributed by atoms with E-state index in [2.05, 4.69) is 123 Å². The smallest absolute Gasteiger partial charge is 0.0390 e. The number of fused-ring (bicyclic) bond motifs is 6. The molecular formula is C45H42N2SiZr-4. The van der Waals surface area contributed by atoms with Crippen molar-refractivity contribution in [2.24, 2.45) is 0 Å². The van der Waals surface area contributed by atoms with Gasteiger partial charge < -0.3 is 10.6 Å². The second kappa shape index (κ2) is 15.1. The summed E-state index contributed by atoms with van der Waals surface area (Å²) < 4.78 is 0. The van der Waals surface area contributed by atoms with Crippen molar-refractivity contribution in [1.29, 1.82) is 0 Å². The van der Waals surface area contributed by atoms with Gasteiger partial charge in [-0.3, -0.25) is 0 Å². The van der Waals surface area contributed by atoms with Gasteiger partial charge >= 0.3 is 0 Å². The summed E-state index contributed by atoms with van der Waals surface area (Å²) in [7, 11) is -1.94. The zero-order chi connectivity index (χ0) is 33.1. The van der Waals surface area contributed by atoms with Gasteiger partial charge in [-0.25, -0.2) is 0 Å². The average Bonchev–Trinajstić information content (AvgIpc) is 3.66. The minimum Gasteiger partial charge on any atom is -0.684 e. The van der Waals surface area contributed by atoms with Crippen molar-refractivity contribution in [2.75, 3.05) is 13.1 Å². The summed E-state index contributed by atoms with van der Waals surface area (Å²) in [5.74, 6) is 0. The Bertz CT molecular complexity index is 2150. The van der Waals surface area contributed by atoms with Crippen LogP contribution in [0.15, 0.2) is 146 Å². The maximum Gasteiger partial charge on any atom is 0.0390 e. The van der Waals surface area contributed by atoms with Crippen molar-refractivity contribution in [2.45, 2.75) is 33.4 Å². The minimum absolute atomic E-state index is 0. The van der Waals surface area contributed by atoms with Crippen LogP contribution in [0.4, 0.5) is 11.4 Å². The predicted molar refractivity (Wildman–Crippen MR) is 214 cm³/mol. The normalized spacial score (nSPS) is 11.3. The van der Waals surface area contributed by atoms with Crippen LogP contribution in [0.2, 0.25) is 13.1 Å². The van der Waals surface area contributed by atoms with Gasteiger partial charge in [-0.1, -0.05) is 165 Å². The topological polar surface area (TPSA) is 28.2 Å². The van der Waals surface area contributed by atoms with E-state index in [1.54, 1.807) is 10.4 Å². The van der Waals surface area contributed by atoms with Crippen LogP contribution in [-0.2, 0) is 26.2 Å². The average molecular weight is 730 g/mol. The molecule has 2 nitrogen and oxygen atoms in total. The number of nitrogens with zero attached hydrogens (tertiary/aromatic N) is 2. The van der Waals surface area contributed by atoms with Crippen LogP contribution in [-0.4, -0.2) is 21.2 Å². The number of hydrogen-bond acceptors (Lipinski definition) is 0. The van der Waals surface area contributed by atoms with Gasteiger partial charge in [-0.15, -0.1) is 58.1 Å². The van der Waals surface area contributed by atoms with Gasteiger partial charge in [0.1, 0.15) is 0 Å². The van der Waals surface area contributed by atoms with Crippen molar-refractivity contribution < 1.29 is 26.2 Å². The van der Waals surface area contributed by atoms with E-state index in [-0.39, 0.29) is 26.2 Å². The van der Waals surface area contributed by atoms with E-state index in [0.717, 1.165) is 30.9 Å². The Morgan fingerprint density at radius 2 is 1.06 bits per heavy atom. The first-order chi connectivity index (χ1) is 23.4. The van der Waals surface area contributed by atoms with E-state index >= 15 is 0 Å². The molecule has 0 amide bonds. The molecule has 8 aromatic carbocycles. The van der Waals surface area contributed by atoms with Crippen LogP contribution in [0.5, 0.6) is 0 Å². The fourth-order valence-corrected chi connectivity index (χ4v) is 11.8. The molecular weight excluding hydrogens is 688 g/mol. The predicted octanol–water partition coefficient (Wildman–Crippen LogP) is 12.0. The minimum atomic E-state index is -1.94. The van der Waals surface area contributed by atoms with Crippen molar-refractivity contribution in [3.8, 4) is 0 Å².